The van der Waals surface area contributed by atoms with Crippen LogP contribution in [0.3, 0.4) is 0 Å². The van der Waals surface area contributed by atoms with Crippen molar-refractivity contribution in [1.29, 1.82) is 0 Å². The van der Waals surface area contributed by atoms with Crippen molar-refractivity contribution in [2.24, 2.45) is 5.73 Å². The Hall–Kier alpha value is -1.03. The van der Waals surface area contributed by atoms with Crippen molar-refractivity contribution >= 4 is 22.9 Å². The Morgan fingerprint density at radius 1 is 1.33 bits per heavy atom. The highest BCUT2D eigenvalue weighted by atomic mass is 35.5. The highest BCUT2D eigenvalue weighted by Crippen LogP contribution is 2.30. The van der Waals surface area contributed by atoms with Gasteiger partial charge in [-0.3, -0.25) is 0 Å². The summed E-state index contributed by atoms with van der Waals surface area (Å²) in [7, 11) is 1.68. The van der Waals surface area contributed by atoms with Crippen LogP contribution in [-0.4, -0.2) is 7.11 Å². The van der Waals surface area contributed by atoms with E-state index in [1.165, 1.54) is 16.9 Å². The number of aryl methyl sites for hydroxylation is 1. The lowest BCUT2D eigenvalue weighted by atomic mass is 10.0. The Bertz CT molecular complexity index is 538. The number of benzene rings is 1. The molecule has 1 heterocycles. The number of ether oxygens (including phenoxy) is 1. The molecule has 0 aliphatic heterocycles. The molecule has 0 saturated carbocycles. The van der Waals surface area contributed by atoms with Gasteiger partial charge in [0.2, 0.25) is 0 Å². The quantitative estimate of drug-likeness (QED) is 0.921. The molecule has 4 heteroatoms. The fourth-order valence-electron chi connectivity index (χ4n) is 1.93. The number of halogens is 1. The van der Waals surface area contributed by atoms with Crippen molar-refractivity contribution in [2.45, 2.75) is 19.4 Å². The largest absolute Gasteiger partial charge is 0.496 e. The van der Waals surface area contributed by atoms with Crippen LogP contribution < -0.4 is 10.5 Å². The Kier molecular flexibility index (Phi) is 4.27. The van der Waals surface area contributed by atoms with Crippen LogP contribution in [0.15, 0.2) is 30.3 Å². The fraction of sp³-hybridized carbons (Fsp3) is 0.286. The number of hydrogen-bond donors (Lipinski definition) is 1. The third-order valence-corrected chi connectivity index (χ3v) is 4.20. The zero-order valence-electron chi connectivity index (χ0n) is 10.4. The summed E-state index contributed by atoms with van der Waals surface area (Å²) in [6.07, 6.45) is 0.752. The fourth-order valence-corrected chi connectivity index (χ4v) is 2.99. The van der Waals surface area contributed by atoms with Gasteiger partial charge >= 0.3 is 0 Å². The van der Waals surface area contributed by atoms with Gasteiger partial charge in [0.1, 0.15) is 5.75 Å². The van der Waals surface area contributed by atoms with Gasteiger partial charge in [-0.15, -0.1) is 11.3 Å². The molecule has 0 spiro atoms. The molecule has 1 atom stereocenters. The second kappa shape index (κ2) is 5.74. The Morgan fingerprint density at radius 2 is 2.11 bits per heavy atom. The van der Waals surface area contributed by atoms with E-state index in [2.05, 4.69) is 13.0 Å². The summed E-state index contributed by atoms with van der Waals surface area (Å²) in [5, 5.41) is 0. The lowest BCUT2D eigenvalue weighted by Gasteiger charge is -2.13. The second-order valence-corrected chi connectivity index (χ2v) is 6.01. The molecule has 2 N–H and O–H groups in total. The molecule has 1 aromatic heterocycles. The van der Waals surface area contributed by atoms with Crippen LogP contribution in [0.25, 0.3) is 0 Å². The third kappa shape index (κ3) is 3.05. The number of thiophene rings is 1. The first-order valence-electron chi connectivity index (χ1n) is 5.74. The smallest absolute Gasteiger partial charge is 0.122 e. The van der Waals surface area contributed by atoms with Crippen molar-refractivity contribution in [3.05, 3.63) is 50.7 Å². The maximum atomic E-state index is 6.21. The molecule has 0 aliphatic carbocycles. The molecule has 1 unspecified atom stereocenters. The predicted octanol–water partition coefficient (Wildman–Crippen LogP) is 3.96. The summed E-state index contributed by atoms with van der Waals surface area (Å²) in [6.45, 7) is 2.07. The van der Waals surface area contributed by atoms with Crippen molar-refractivity contribution < 1.29 is 4.74 Å². The normalized spacial score (nSPS) is 12.4. The summed E-state index contributed by atoms with van der Waals surface area (Å²) in [6, 6.07) is 9.97. The van der Waals surface area contributed by atoms with Gasteiger partial charge in [0.15, 0.2) is 0 Å². The Balaban J connectivity index is 2.20. The lowest BCUT2D eigenvalue weighted by Crippen LogP contribution is -2.12. The van der Waals surface area contributed by atoms with Crippen molar-refractivity contribution in [3.8, 4) is 5.75 Å². The van der Waals surface area contributed by atoms with Crippen LogP contribution in [0.1, 0.15) is 22.0 Å². The van der Waals surface area contributed by atoms with E-state index in [4.69, 9.17) is 22.1 Å². The van der Waals surface area contributed by atoms with Crippen molar-refractivity contribution in [2.75, 3.05) is 7.11 Å². The molecular formula is C14H16ClNOS. The minimum absolute atomic E-state index is 0.0433. The first-order chi connectivity index (χ1) is 8.60. The Labute approximate surface area is 116 Å². The molecular weight excluding hydrogens is 266 g/mol. The molecule has 0 saturated heterocycles. The predicted molar refractivity (Wildman–Crippen MR) is 77.7 cm³/mol. The summed E-state index contributed by atoms with van der Waals surface area (Å²) in [4.78, 5) is 1.10. The van der Waals surface area contributed by atoms with Gasteiger partial charge < -0.3 is 10.5 Å². The zero-order chi connectivity index (χ0) is 13.1. The summed E-state index contributed by atoms with van der Waals surface area (Å²) >= 11 is 7.46. The van der Waals surface area contributed by atoms with Gasteiger partial charge in [0.05, 0.1) is 11.4 Å². The van der Waals surface area contributed by atoms with Gasteiger partial charge in [0.25, 0.3) is 0 Å². The van der Waals surface area contributed by atoms with Crippen molar-refractivity contribution in [3.63, 3.8) is 0 Å². The van der Waals surface area contributed by atoms with Crippen molar-refractivity contribution in [1.82, 2.24) is 0 Å². The highest BCUT2D eigenvalue weighted by Gasteiger charge is 2.12. The molecule has 0 amide bonds. The Morgan fingerprint density at radius 3 is 2.72 bits per heavy atom. The van der Waals surface area contributed by atoms with E-state index in [0.29, 0.717) is 0 Å². The van der Waals surface area contributed by atoms with Gasteiger partial charge in [-0.05, 0) is 37.1 Å². The number of rotatable bonds is 4. The van der Waals surface area contributed by atoms with Crippen LogP contribution in [0, 0.1) is 6.92 Å². The molecule has 2 rings (SSSR count). The van der Waals surface area contributed by atoms with E-state index < -0.39 is 0 Å². The summed E-state index contributed by atoms with van der Waals surface area (Å²) in [5.74, 6) is 0.888. The first-order valence-corrected chi connectivity index (χ1v) is 6.94. The third-order valence-electron chi connectivity index (χ3n) is 2.84. The minimum Gasteiger partial charge on any atom is -0.496 e. The van der Waals surface area contributed by atoms with Crippen LogP contribution in [0.4, 0.5) is 0 Å². The van der Waals surface area contributed by atoms with E-state index in [1.54, 1.807) is 7.11 Å². The van der Waals surface area contributed by atoms with Crippen LogP contribution in [0.2, 0.25) is 4.34 Å². The average Bonchev–Trinajstić information content (AvgIpc) is 2.76. The standard InChI is InChI=1S/C14H16ClNOS/c1-9-3-4-12(17-2)10(7-9)8-11(16)13-5-6-14(15)18-13/h3-7,11H,8,16H2,1-2H3. The monoisotopic (exact) mass is 281 g/mol. The molecule has 96 valence electrons. The van der Waals surface area contributed by atoms with E-state index in [-0.39, 0.29) is 6.04 Å². The number of nitrogens with two attached hydrogens (primary N) is 1. The molecule has 0 fully saturated rings. The molecule has 2 nitrogen and oxygen atoms in total. The summed E-state index contributed by atoms with van der Waals surface area (Å²) in [5.41, 5.74) is 8.55. The van der Waals surface area contributed by atoms with E-state index in [0.717, 1.165) is 26.9 Å². The van der Waals surface area contributed by atoms with Crippen LogP contribution in [-0.2, 0) is 6.42 Å². The molecule has 0 bridgehead atoms. The summed E-state index contributed by atoms with van der Waals surface area (Å²) < 4.78 is 6.14. The first kappa shape index (κ1) is 13.4. The SMILES string of the molecule is COc1ccc(C)cc1CC(N)c1ccc(Cl)s1. The maximum Gasteiger partial charge on any atom is 0.122 e. The molecule has 0 aliphatic rings. The zero-order valence-corrected chi connectivity index (χ0v) is 12.0. The van der Waals surface area contributed by atoms with E-state index in [1.807, 2.05) is 24.3 Å². The van der Waals surface area contributed by atoms with Gasteiger partial charge in [-0.1, -0.05) is 29.3 Å². The molecule has 1 aromatic carbocycles. The number of methoxy groups -OCH3 is 1. The molecule has 0 radical (unpaired) electrons. The van der Waals surface area contributed by atoms with E-state index in [9.17, 15) is 0 Å². The van der Waals surface area contributed by atoms with Gasteiger partial charge in [0, 0.05) is 10.9 Å². The highest BCUT2D eigenvalue weighted by molar-refractivity contribution is 7.16. The maximum absolute atomic E-state index is 6.21. The minimum atomic E-state index is -0.0433. The van der Waals surface area contributed by atoms with Gasteiger partial charge in [-0.25, -0.2) is 0 Å². The topological polar surface area (TPSA) is 35.2 Å². The molecule has 2 aromatic rings. The van der Waals surface area contributed by atoms with E-state index >= 15 is 0 Å². The number of hydrogen-bond acceptors (Lipinski definition) is 3. The second-order valence-electron chi connectivity index (χ2n) is 4.27. The lowest BCUT2D eigenvalue weighted by molar-refractivity contribution is 0.408. The van der Waals surface area contributed by atoms with Gasteiger partial charge in [-0.2, -0.15) is 0 Å². The van der Waals surface area contributed by atoms with Crippen LogP contribution >= 0.6 is 22.9 Å². The molecule has 18 heavy (non-hydrogen) atoms. The average molecular weight is 282 g/mol. The van der Waals surface area contributed by atoms with Crippen LogP contribution in [0.5, 0.6) is 5.75 Å².